The lowest BCUT2D eigenvalue weighted by Crippen LogP contribution is -2.40. The number of nitrogens with zero attached hydrogens (tertiary/aromatic N) is 1. The molecule has 0 radical (unpaired) electrons. The van der Waals surface area contributed by atoms with Gasteiger partial charge in [-0.3, -0.25) is 9.59 Å². The van der Waals surface area contributed by atoms with Gasteiger partial charge in [-0.2, -0.15) is 4.31 Å². The van der Waals surface area contributed by atoms with Gasteiger partial charge in [-0.15, -0.1) is 0 Å². The van der Waals surface area contributed by atoms with Gasteiger partial charge in [-0.05, 0) is 6.92 Å². The molecule has 112 valence electrons. The zero-order valence-electron chi connectivity index (χ0n) is 11.0. The van der Waals surface area contributed by atoms with Crippen LogP contribution in [0.5, 0.6) is 0 Å². The van der Waals surface area contributed by atoms with Gasteiger partial charge in [-0.25, -0.2) is 8.42 Å². The first kappa shape index (κ1) is 17.8. The molecule has 0 unspecified atom stereocenters. The van der Waals surface area contributed by atoms with Crippen molar-refractivity contribution in [3.63, 3.8) is 0 Å². The second-order valence-corrected chi connectivity index (χ2v) is 5.68. The van der Waals surface area contributed by atoms with Gasteiger partial charge in [0.2, 0.25) is 10.0 Å². The molecular weight excluding hydrogens is 278 g/mol. The van der Waals surface area contributed by atoms with Crippen LogP contribution in [-0.2, 0) is 29.1 Å². The molecule has 0 aromatic heterocycles. The van der Waals surface area contributed by atoms with E-state index in [1.807, 2.05) is 0 Å². The van der Waals surface area contributed by atoms with E-state index in [2.05, 4.69) is 4.74 Å². The maximum atomic E-state index is 11.9. The van der Waals surface area contributed by atoms with E-state index in [4.69, 9.17) is 9.84 Å². The van der Waals surface area contributed by atoms with Crippen molar-refractivity contribution in [1.82, 2.24) is 4.31 Å². The van der Waals surface area contributed by atoms with Gasteiger partial charge in [0.05, 0.1) is 25.4 Å². The van der Waals surface area contributed by atoms with Crippen molar-refractivity contribution >= 4 is 22.0 Å². The van der Waals surface area contributed by atoms with E-state index < -0.39 is 40.7 Å². The summed E-state index contributed by atoms with van der Waals surface area (Å²) in [6.45, 7) is 1.38. The molecule has 0 amide bonds. The Labute approximate surface area is 112 Å². The first-order valence-electron chi connectivity index (χ1n) is 5.67. The van der Waals surface area contributed by atoms with E-state index in [0.29, 0.717) is 0 Å². The van der Waals surface area contributed by atoms with Crippen LogP contribution >= 0.6 is 0 Å². The van der Waals surface area contributed by atoms with Crippen molar-refractivity contribution in [3.8, 4) is 0 Å². The number of esters is 1. The number of carboxylic acid groups (broad SMARTS) is 1. The van der Waals surface area contributed by atoms with Crippen LogP contribution < -0.4 is 0 Å². The fraction of sp³-hybridized carbons (Fsp3) is 0.800. The van der Waals surface area contributed by atoms with Crippen molar-refractivity contribution in [2.45, 2.75) is 13.3 Å². The third kappa shape index (κ3) is 7.75. The zero-order chi connectivity index (χ0) is 14.9. The van der Waals surface area contributed by atoms with Crippen LogP contribution in [0.3, 0.4) is 0 Å². The quantitative estimate of drug-likeness (QED) is 0.531. The molecule has 0 aromatic carbocycles. The average Bonchev–Trinajstić information content (AvgIpc) is 2.32. The number of methoxy groups -OCH3 is 1. The predicted molar refractivity (Wildman–Crippen MR) is 66.1 cm³/mol. The Balaban J connectivity index is 4.70. The smallest absolute Gasteiger partial charge is 0.321 e. The Morgan fingerprint density at radius 1 is 1.32 bits per heavy atom. The van der Waals surface area contributed by atoms with Gasteiger partial charge in [0.1, 0.15) is 6.54 Å². The lowest BCUT2D eigenvalue weighted by molar-refractivity contribution is -0.143. The molecule has 19 heavy (non-hydrogen) atoms. The van der Waals surface area contributed by atoms with Crippen molar-refractivity contribution in [2.75, 3.05) is 39.2 Å². The summed E-state index contributed by atoms with van der Waals surface area (Å²) in [7, 11) is -2.44. The lowest BCUT2D eigenvalue weighted by atomic mass is 10.5. The number of hydrogen-bond donors (Lipinski definition) is 1. The topological polar surface area (TPSA) is 110 Å². The first-order chi connectivity index (χ1) is 8.83. The largest absolute Gasteiger partial charge is 0.481 e. The maximum absolute atomic E-state index is 11.9. The van der Waals surface area contributed by atoms with Crippen molar-refractivity contribution in [1.29, 1.82) is 0 Å². The highest BCUT2D eigenvalue weighted by Crippen LogP contribution is 2.04. The van der Waals surface area contributed by atoms with Crippen molar-refractivity contribution in [3.05, 3.63) is 0 Å². The molecule has 0 saturated heterocycles. The molecule has 0 aliphatic rings. The van der Waals surface area contributed by atoms with E-state index in [0.717, 1.165) is 4.31 Å². The molecule has 0 bridgehead atoms. The minimum Gasteiger partial charge on any atom is -0.481 e. The van der Waals surface area contributed by atoms with E-state index in [9.17, 15) is 18.0 Å². The number of aliphatic carboxylic acids is 1. The number of rotatable bonds is 10. The highest BCUT2D eigenvalue weighted by atomic mass is 32.2. The van der Waals surface area contributed by atoms with Gasteiger partial charge < -0.3 is 14.6 Å². The molecule has 8 nitrogen and oxygen atoms in total. The number of ether oxygens (including phenoxy) is 2. The number of carbonyl (C=O) groups is 2. The minimum atomic E-state index is -3.83. The first-order valence-corrected chi connectivity index (χ1v) is 7.28. The Hall–Kier alpha value is -1.19. The summed E-state index contributed by atoms with van der Waals surface area (Å²) in [5.41, 5.74) is 0. The normalized spacial score (nSPS) is 11.5. The van der Waals surface area contributed by atoms with Gasteiger partial charge >= 0.3 is 11.9 Å². The summed E-state index contributed by atoms with van der Waals surface area (Å²) < 4.78 is 34.1. The molecule has 0 spiro atoms. The van der Waals surface area contributed by atoms with Crippen LogP contribution in [0.25, 0.3) is 0 Å². The summed E-state index contributed by atoms with van der Waals surface area (Å²) >= 11 is 0. The highest BCUT2D eigenvalue weighted by Gasteiger charge is 2.25. The standard InChI is InChI=1S/C10H19NO7S/c1-3-18-10(14)8-11(5-6-17-2)19(15,16)7-4-9(12)13/h3-8H2,1-2H3,(H,12,13). The van der Waals surface area contributed by atoms with Crippen LogP contribution in [0.2, 0.25) is 0 Å². The third-order valence-electron chi connectivity index (χ3n) is 2.12. The predicted octanol–water partition coefficient (Wildman–Crippen LogP) is -0.698. The third-order valence-corrected chi connectivity index (χ3v) is 3.94. The second-order valence-electron chi connectivity index (χ2n) is 3.59. The molecule has 0 fully saturated rings. The molecule has 0 atom stereocenters. The van der Waals surface area contributed by atoms with Crippen LogP contribution in [-0.4, -0.2) is 68.9 Å². The Morgan fingerprint density at radius 3 is 2.42 bits per heavy atom. The molecule has 9 heteroatoms. The molecule has 1 N–H and O–H groups in total. The number of hydrogen-bond acceptors (Lipinski definition) is 6. The fourth-order valence-corrected chi connectivity index (χ4v) is 2.55. The van der Waals surface area contributed by atoms with E-state index in [1.54, 1.807) is 6.92 Å². The van der Waals surface area contributed by atoms with Crippen LogP contribution in [0.15, 0.2) is 0 Å². The summed E-state index contributed by atoms with van der Waals surface area (Å²) in [6.07, 6.45) is -0.519. The number of carboxylic acids is 1. The summed E-state index contributed by atoms with van der Waals surface area (Å²) in [6, 6.07) is 0. The molecule has 0 saturated carbocycles. The highest BCUT2D eigenvalue weighted by molar-refractivity contribution is 7.89. The molecular formula is C10H19NO7S. The fourth-order valence-electron chi connectivity index (χ4n) is 1.21. The molecule has 0 heterocycles. The van der Waals surface area contributed by atoms with E-state index in [1.165, 1.54) is 7.11 Å². The summed E-state index contributed by atoms with van der Waals surface area (Å²) in [5.74, 6) is -2.46. The van der Waals surface area contributed by atoms with Crippen LogP contribution in [0.4, 0.5) is 0 Å². The molecule has 0 rings (SSSR count). The van der Waals surface area contributed by atoms with Crippen LogP contribution in [0.1, 0.15) is 13.3 Å². The monoisotopic (exact) mass is 297 g/mol. The van der Waals surface area contributed by atoms with Crippen molar-refractivity contribution < 1.29 is 32.6 Å². The number of sulfonamides is 1. The van der Waals surface area contributed by atoms with Gasteiger partial charge in [0.25, 0.3) is 0 Å². The molecule has 0 aliphatic carbocycles. The lowest BCUT2D eigenvalue weighted by Gasteiger charge is -2.20. The van der Waals surface area contributed by atoms with E-state index in [-0.39, 0.29) is 19.8 Å². The van der Waals surface area contributed by atoms with Gasteiger partial charge in [0, 0.05) is 13.7 Å². The number of carbonyl (C=O) groups excluding carboxylic acids is 1. The van der Waals surface area contributed by atoms with Crippen molar-refractivity contribution in [2.24, 2.45) is 0 Å². The molecule has 0 aliphatic heterocycles. The Morgan fingerprint density at radius 2 is 1.95 bits per heavy atom. The van der Waals surface area contributed by atoms with Crippen LogP contribution in [0, 0.1) is 0 Å². The maximum Gasteiger partial charge on any atom is 0.321 e. The molecule has 0 aromatic rings. The van der Waals surface area contributed by atoms with Gasteiger partial charge in [-0.1, -0.05) is 0 Å². The minimum absolute atomic E-state index is 0.0305. The Kier molecular flexibility index (Phi) is 8.28. The van der Waals surface area contributed by atoms with Gasteiger partial charge in [0.15, 0.2) is 0 Å². The van der Waals surface area contributed by atoms with E-state index >= 15 is 0 Å². The second kappa shape index (κ2) is 8.83. The summed E-state index contributed by atoms with van der Waals surface area (Å²) in [4.78, 5) is 21.7. The SMILES string of the molecule is CCOC(=O)CN(CCOC)S(=O)(=O)CCC(=O)O. The zero-order valence-corrected chi connectivity index (χ0v) is 11.8. The Bertz CT molecular complexity index is 393. The average molecular weight is 297 g/mol. The summed E-state index contributed by atoms with van der Waals surface area (Å²) in [5, 5.41) is 8.50.